The summed E-state index contributed by atoms with van der Waals surface area (Å²) in [6.45, 7) is 4.87. The van der Waals surface area contributed by atoms with Crippen LogP contribution < -0.4 is 5.73 Å². The van der Waals surface area contributed by atoms with Gasteiger partial charge in [0.05, 0.1) is 18.1 Å². The van der Waals surface area contributed by atoms with Crippen molar-refractivity contribution in [2.75, 3.05) is 13.6 Å². The maximum Gasteiger partial charge on any atom is 0.239 e. The van der Waals surface area contributed by atoms with Crippen molar-refractivity contribution in [1.82, 2.24) is 14.5 Å². The van der Waals surface area contributed by atoms with Crippen LogP contribution in [0.5, 0.6) is 0 Å². The molecule has 116 valence electrons. The van der Waals surface area contributed by atoms with E-state index >= 15 is 0 Å². The zero-order valence-electron chi connectivity index (χ0n) is 12.9. The van der Waals surface area contributed by atoms with Gasteiger partial charge in [-0.1, -0.05) is 36.4 Å². The maximum absolute atomic E-state index is 12.1. The minimum atomic E-state index is -0.579. The zero-order valence-corrected chi connectivity index (χ0v) is 12.9. The Morgan fingerprint density at radius 2 is 2.18 bits per heavy atom. The molecule has 0 fully saturated rings. The van der Waals surface area contributed by atoms with Crippen molar-refractivity contribution in [2.24, 2.45) is 5.73 Å². The second-order valence-electron chi connectivity index (χ2n) is 5.34. The fourth-order valence-electron chi connectivity index (χ4n) is 2.27. The summed E-state index contributed by atoms with van der Waals surface area (Å²) in [6, 6.07) is 9.57. The molecule has 2 rings (SSSR count). The maximum atomic E-state index is 12.1. The van der Waals surface area contributed by atoms with E-state index in [0.29, 0.717) is 13.0 Å². The molecule has 0 saturated heterocycles. The number of benzene rings is 1. The summed E-state index contributed by atoms with van der Waals surface area (Å²) in [5, 5.41) is 0. The largest absolute Gasteiger partial charge is 0.341 e. The van der Waals surface area contributed by atoms with Gasteiger partial charge in [0.1, 0.15) is 0 Å². The van der Waals surface area contributed by atoms with Crippen LogP contribution in [-0.2, 0) is 17.8 Å². The second kappa shape index (κ2) is 7.56. The Morgan fingerprint density at radius 1 is 1.45 bits per heavy atom. The van der Waals surface area contributed by atoms with Crippen LogP contribution in [-0.4, -0.2) is 40.0 Å². The molecule has 0 aliphatic rings. The van der Waals surface area contributed by atoms with Gasteiger partial charge in [0, 0.05) is 32.8 Å². The van der Waals surface area contributed by atoms with Crippen LogP contribution in [0.15, 0.2) is 55.5 Å². The highest BCUT2D eigenvalue weighted by Crippen LogP contribution is 2.06. The highest BCUT2D eigenvalue weighted by molar-refractivity contribution is 5.81. The number of nitrogens with two attached hydrogens (primary N) is 1. The summed E-state index contributed by atoms with van der Waals surface area (Å²) in [7, 11) is 1.72. The monoisotopic (exact) mass is 298 g/mol. The molecule has 22 heavy (non-hydrogen) atoms. The number of amides is 1. The quantitative estimate of drug-likeness (QED) is 0.787. The van der Waals surface area contributed by atoms with Crippen molar-refractivity contribution in [3.8, 4) is 0 Å². The topological polar surface area (TPSA) is 64.2 Å². The van der Waals surface area contributed by atoms with Crippen molar-refractivity contribution in [2.45, 2.75) is 19.0 Å². The first-order valence-electron chi connectivity index (χ1n) is 7.26. The van der Waals surface area contributed by atoms with Gasteiger partial charge in [0.15, 0.2) is 0 Å². The molecule has 1 atom stereocenters. The van der Waals surface area contributed by atoms with Gasteiger partial charge in [-0.15, -0.1) is 6.58 Å². The third kappa shape index (κ3) is 4.30. The van der Waals surface area contributed by atoms with Crippen molar-refractivity contribution in [3.05, 3.63) is 66.8 Å². The van der Waals surface area contributed by atoms with Crippen LogP contribution in [0.2, 0.25) is 0 Å². The Morgan fingerprint density at radius 3 is 2.86 bits per heavy atom. The Labute approximate surface area is 131 Å². The lowest BCUT2D eigenvalue weighted by atomic mass is 10.1. The normalized spacial score (nSPS) is 11.9. The number of imidazole rings is 1. The third-order valence-electron chi connectivity index (χ3n) is 3.42. The number of carbonyl (C=O) groups is 1. The Hall–Kier alpha value is -2.40. The van der Waals surface area contributed by atoms with E-state index in [-0.39, 0.29) is 5.91 Å². The molecule has 1 heterocycles. The van der Waals surface area contributed by atoms with Crippen LogP contribution in [0.25, 0.3) is 0 Å². The molecule has 1 amide bonds. The molecular weight excluding hydrogens is 276 g/mol. The van der Waals surface area contributed by atoms with E-state index in [0.717, 1.165) is 12.2 Å². The van der Waals surface area contributed by atoms with Gasteiger partial charge in [0.25, 0.3) is 0 Å². The predicted molar refractivity (Wildman–Crippen MR) is 87.3 cm³/mol. The summed E-state index contributed by atoms with van der Waals surface area (Å²) >= 11 is 0. The molecule has 2 N–H and O–H groups in total. The van der Waals surface area contributed by atoms with E-state index in [9.17, 15) is 4.79 Å². The molecule has 0 aliphatic heterocycles. The molecule has 0 bridgehead atoms. The standard InChI is InChI=1S/C17H22N4O/c1-3-9-20(2)17(22)16(18)10-15-12-21(13-19-15)11-14-7-5-4-6-8-14/h3-8,12-13,16H,1,9-11,18H2,2H3/t16-/m0/s1. The van der Waals surface area contributed by atoms with E-state index in [2.05, 4.69) is 23.7 Å². The predicted octanol–water partition coefficient (Wildman–Crippen LogP) is 1.45. The van der Waals surface area contributed by atoms with Crippen LogP contribution >= 0.6 is 0 Å². The highest BCUT2D eigenvalue weighted by atomic mass is 16.2. The van der Waals surface area contributed by atoms with Crippen molar-refractivity contribution >= 4 is 5.91 Å². The number of aromatic nitrogens is 2. The van der Waals surface area contributed by atoms with Gasteiger partial charge in [-0.25, -0.2) is 4.98 Å². The molecule has 2 aromatic rings. The molecule has 1 aromatic carbocycles. The van der Waals surface area contributed by atoms with Crippen molar-refractivity contribution < 1.29 is 4.79 Å². The number of carbonyl (C=O) groups excluding carboxylic acids is 1. The lowest BCUT2D eigenvalue weighted by molar-refractivity contribution is -0.130. The molecular formula is C17H22N4O. The zero-order chi connectivity index (χ0) is 15.9. The van der Waals surface area contributed by atoms with Crippen molar-refractivity contribution in [1.29, 1.82) is 0 Å². The first-order chi connectivity index (χ1) is 10.6. The number of nitrogens with zero attached hydrogens (tertiary/aromatic N) is 3. The first kappa shape index (κ1) is 16.0. The number of hydrogen-bond donors (Lipinski definition) is 1. The van der Waals surface area contributed by atoms with Gasteiger partial charge in [-0.2, -0.15) is 0 Å². The number of rotatable bonds is 7. The summed E-state index contributed by atoms with van der Waals surface area (Å²) < 4.78 is 2.00. The van der Waals surface area contributed by atoms with Gasteiger partial charge in [-0.05, 0) is 5.56 Å². The summed E-state index contributed by atoms with van der Waals surface area (Å²) in [4.78, 5) is 18.0. The van der Waals surface area contributed by atoms with Gasteiger partial charge < -0.3 is 15.2 Å². The first-order valence-corrected chi connectivity index (χ1v) is 7.26. The molecule has 0 radical (unpaired) electrons. The van der Waals surface area contributed by atoms with Crippen LogP contribution in [0.3, 0.4) is 0 Å². The van der Waals surface area contributed by atoms with Gasteiger partial charge >= 0.3 is 0 Å². The lowest BCUT2D eigenvalue weighted by Crippen LogP contribution is -2.43. The minimum absolute atomic E-state index is 0.0995. The fraction of sp³-hybridized carbons (Fsp3) is 0.294. The Bertz CT molecular complexity index is 621. The van der Waals surface area contributed by atoms with E-state index in [1.165, 1.54) is 5.56 Å². The van der Waals surface area contributed by atoms with Crippen LogP contribution in [0.1, 0.15) is 11.3 Å². The fourth-order valence-corrected chi connectivity index (χ4v) is 2.27. The third-order valence-corrected chi connectivity index (χ3v) is 3.42. The molecule has 1 aromatic heterocycles. The summed E-state index contributed by atoms with van der Waals surface area (Å²) in [6.07, 6.45) is 5.82. The van der Waals surface area contributed by atoms with E-state index in [1.807, 2.05) is 29.0 Å². The molecule has 5 nitrogen and oxygen atoms in total. The molecule has 0 unspecified atom stereocenters. The molecule has 0 spiro atoms. The summed E-state index contributed by atoms with van der Waals surface area (Å²) in [5.41, 5.74) is 8.00. The van der Waals surface area contributed by atoms with Crippen LogP contribution in [0, 0.1) is 0 Å². The van der Waals surface area contributed by atoms with Gasteiger partial charge in [-0.3, -0.25) is 4.79 Å². The molecule has 5 heteroatoms. The second-order valence-corrected chi connectivity index (χ2v) is 5.34. The smallest absolute Gasteiger partial charge is 0.239 e. The summed E-state index contributed by atoms with van der Waals surface area (Å²) in [5.74, 6) is -0.0995. The van der Waals surface area contributed by atoms with E-state index in [4.69, 9.17) is 5.73 Å². The Balaban J connectivity index is 1.94. The SMILES string of the molecule is C=CCN(C)C(=O)[C@@H](N)Cc1cn(Cc2ccccc2)cn1. The average molecular weight is 298 g/mol. The van der Waals surface area contributed by atoms with E-state index < -0.39 is 6.04 Å². The molecule has 0 saturated carbocycles. The Kier molecular flexibility index (Phi) is 5.49. The van der Waals surface area contributed by atoms with Crippen molar-refractivity contribution in [3.63, 3.8) is 0 Å². The van der Waals surface area contributed by atoms with Gasteiger partial charge in [0.2, 0.25) is 5.91 Å². The van der Waals surface area contributed by atoms with E-state index in [1.54, 1.807) is 24.4 Å². The minimum Gasteiger partial charge on any atom is -0.341 e. The average Bonchev–Trinajstić information content (AvgIpc) is 2.94. The number of likely N-dealkylation sites (N-methyl/N-ethyl adjacent to an activating group) is 1. The van der Waals surface area contributed by atoms with Crippen LogP contribution in [0.4, 0.5) is 0 Å². The lowest BCUT2D eigenvalue weighted by Gasteiger charge is -2.19. The highest BCUT2D eigenvalue weighted by Gasteiger charge is 2.18. The number of hydrogen-bond acceptors (Lipinski definition) is 3. The molecule has 0 aliphatic carbocycles.